The number of carbonyl (C=O) groups is 1. The Morgan fingerprint density at radius 2 is 1.90 bits per heavy atom. The van der Waals surface area contributed by atoms with Gasteiger partial charge in [0.15, 0.2) is 0 Å². The summed E-state index contributed by atoms with van der Waals surface area (Å²) in [6.07, 6.45) is 1.24. The van der Waals surface area contributed by atoms with Crippen molar-refractivity contribution in [3.8, 4) is 0 Å². The highest BCUT2D eigenvalue weighted by molar-refractivity contribution is 5.87. The van der Waals surface area contributed by atoms with Crippen molar-refractivity contribution in [2.75, 3.05) is 7.05 Å². The van der Waals surface area contributed by atoms with Gasteiger partial charge < -0.3 is 10.4 Å². The summed E-state index contributed by atoms with van der Waals surface area (Å²) in [7, 11) is 1.53. The smallest absolute Gasteiger partial charge is 0.251 e. The molecule has 0 heterocycles. The first-order valence-electron chi connectivity index (χ1n) is 3.63. The molecular weight excluding hydrogens is 130 g/mol. The molecule has 1 rings (SSSR count). The second-order valence-corrected chi connectivity index (χ2v) is 2.11. The van der Waals surface area contributed by atoms with E-state index in [1.807, 2.05) is 13.8 Å². The number of rotatable bonds is 1. The van der Waals surface area contributed by atoms with Crippen LogP contribution in [0.25, 0.3) is 0 Å². The van der Waals surface area contributed by atoms with Gasteiger partial charge in [-0.3, -0.25) is 4.79 Å². The maximum absolute atomic E-state index is 10.5. The fraction of sp³-hybridized carbons (Fsp3) is 0.857. The first-order valence-corrected chi connectivity index (χ1v) is 3.63. The van der Waals surface area contributed by atoms with Crippen molar-refractivity contribution in [1.82, 2.24) is 5.32 Å². The molecule has 0 aromatic rings. The Hall–Kier alpha value is -0.570. The Morgan fingerprint density at radius 1 is 1.50 bits per heavy atom. The zero-order chi connectivity index (χ0) is 8.20. The molecule has 1 aliphatic carbocycles. The quantitative estimate of drug-likeness (QED) is 0.557. The van der Waals surface area contributed by atoms with Crippen molar-refractivity contribution >= 4 is 5.91 Å². The highest BCUT2D eigenvalue weighted by Crippen LogP contribution is 2.34. The van der Waals surface area contributed by atoms with Gasteiger partial charge in [-0.1, -0.05) is 13.8 Å². The molecule has 0 aliphatic heterocycles. The Balaban J connectivity index is 0.000000371. The molecule has 3 heteroatoms. The van der Waals surface area contributed by atoms with E-state index in [2.05, 4.69) is 5.32 Å². The fourth-order valence-electron chi connectivity index (χ4n) is 0.578. The molecular formula is C7H15NO2. The summed E-state index contributed by atoms with van der Waals surface area (Å²) in [5.74, 6) is -0.252. The van der Waals surface area contributed by atoms with E-state index in [0.717, 1.165) is 0 Å². The number of hydrogen-bond donors (Lipinski definition) is 2. The Labute approximate surface area is 61.4 Å². The summed E-state index contributed by atoms with van der Waals surface area (Å²) in [5.41, 5.74) is -0.991. The van der Waals surface area contributed by atoms with Crippen LogP contribution < -0.4 is 5.32 Å². The fourth-order valence-corrected chi connectivity index (χ4v) is 0.578. The van der Waals surface area contributed by atoms with Crippen LogP contribution in [0.1, 0.15) is 26.7 Å². The lowest BCUT2D eigenvalue weighted by Crippen LogP contribution is -2.33. The molecule has 10 heavy (non-hydrogen) atoms. The standard InChI is InChI=1S/C5H9NO2.C2H6/c1-6-4(7)5(8)2-3-5;1-2/h8H,2-3H2,1H3,(H,6,7);1-2H3. The first-order chi connectivity index (χ1) is 4.69. The van der Waals surface area contributed by atoms with Crippen LogP contribution in [0.15, 0.2) is 0 Å². The lowest BCUT2D eigenvalue weighted by molar-refractivity contribution is -0.130. The van der Waals surface area contributed by atoms with E-state index in [1.165, 1.54) is 7.05 Å². The number of likely N-dealkylation sites (N-methyl/N-ethyl adjacent to an activating group) is 1. The van der Waals surface area contributed by atoms with Crippen LogP contribution >= 0.6 is 0 Å². The Kier molecular flexibility index (Phi) is 3.36. The SMILES string of the molecule is CC.CNC(=O)C1(O)CC1. The zero-order valence-corrected chi connectivity index (χ0v) is 6.77. The minimum Gasteiger partial charge on any atom is -0.380 e. The van der Waals surface area contributed by atoms with Crippen molar-refractivity contribution in [2.24, 2.45) is 0 Å². The van der Waals surface area contributed by atoms with E-state index in [-0.39, 0.29) is 5.91 Å². The van der Waals surface area contributed by atoms with E-state index >= 15 is 0 Å². The molecule has 0 radical (unpaired) electrons. The number of aliphatic hydroxyl groups is 1. The third-order valence-corrected chi connectivity index (χ3v) is 1.37. The van der Waals surface area contributed by atoms with Crippen LogP contribution in [-0.4, -0.2) is 23.7 Å². The Bertz CT molecular complexity index is 119. The average Bonchev–Trinajstić information content (AvgIpc) is 2.72. The number of hydrogen-bond acceptors (Lipinski definition) is 2. The molecule has 0 spiro atoms. The summed E-state index contributed by atoms with van der Waals surface area (Å²) < 4.78 is 0. The Morgan fingerprint density at radius 3 is 2.00 bits per heavy atom. The normalized spacial score (nSPS) is 18.4. The van der Waals surface area contributed by atoms with Gasteiger partial charge >= 0.3 is 0 Å². The molecule has 3 nitrogen and oxygen atoms in total. The van der Waals surface area contributed by atoms with Crippen LogP contribution in [0.4, 0.5) is 0 Å². The molecule has 0 atom stereocenters. The highest BCUT2D eigenvalue weighted by atomic mass is 16.3. The van der Waals surface area contributed by atoms with E-state index in [1.54, 1.807) is 0 Å². The molecule has 60 valence electrons. The van der Waals surface area contributed by atoms with Gasteiger partial charge in [0.05, 0.1) is 0 Å². The van der Waals surface area contributed by atoms with Gasteiger partial charge in [-0.15, -0.1) is 0 Å². The second kappa shape index (κ2) is 3.56. The summed E-state index contributed by atoms with van der Waals surface area (Å²) >= 11 is 0. The minimum absolute atomic E-state index is 0.252. The monoisotopic (exact) mass is 145 g/mol. The predicted molar refractivity (Wildman–Crippen MR) is 39.6 cm³/mol. The molecule has 0 saturated heterocycles. The van der Waals surface area contributed by atoms with Crippen LogP contribution in [0.5, 0.6) is 0 Å². The third-order valence-electron chi connectivity index (χ3n) is 1.37. The van der Waals surface area contributed by atoms with E-state index < -0.39 is 5.60 Å². The van der Waals surface area contributed by atoms with Crippen LogP contribution in [-0.2, 0) is 4.79 Å². The van der Waals surface area contributed by atoms with Crippen molar-refractivity contribution < 1.29 is 9.90 Å². The van der Waals surface area contributed by atoms with Crippen LogP contribution in [0, 0.1) is 0 Å². The summed E-state index contributed by atoms with van der Waals surface area (Å²) in [4.78, 5) is 10.5. The predicted octanol–water partition coefficient (Wildman–Crippen LogP) is 0.283. The van der Waals surface area contributed by atoms with E-state index in [9.17, 15) is 4.79 Å². The van der Waals surface area contributed by atoms with Gasteiger partial charge in [0.25, 0.3) is 5.91 Å². The number of carbonyl (C=O) groups excluding carboxylic acids is 1. The van der Waals surface area contributed by atoms with Crippen molar-refractivity contribution in [3.63, 3.8) is 0 Å². The molecule has 1 saturated carbocycles. The molecule has 1 fully saturated rings. The largest absolute Gasteiger partial charge is 0.380 e. The average molecular weight is 145 g/mol. The lowest BCUT2D eigenvalue weighted by atomic mass is 10.3. The number of nitrogens with one attached hydrogen (secondary N) is 1. The minimum atomic E-state index is -0.991. The van der Waals surface area contributed by atoms with Gasteiger partial charge in [-0.25, -0.2) is 0 Å². The molecule has 1 amide bonds. The molecule has 0 aromatic carbocycles. The van der Waals surface area contributed by atoms with E-state index in [0.29, 0.717) is 12.8 Å². The van der Waals surface area contributed by atoms with Gasteiger partial charge in [-0.2, -0.15) is 0 Å². The molecule has 2 N–H and O–H groups in total. The summed E-state index contributed by atoms with van der Waals surface area (Å²) in [6, 6.07) is 0. The van der Waals surface area contributed by atoms with Crippen LogP contribution in [0.2, 0.25) is 0 Å². The molecule has 1 aliphatic rings. The first kappa shape index (κ1) is 9.43. The third kappa shape index (κ3) is 1.99. The molecule has 0 bridgehead atoms. The summed E-state index contributed by atoms with van der Waals surface area (Å²) in [6.45, 7) is 4.00. The summed E-state index contributed by atoms with van der Waals surface area (Å²) in [5, 5.41) is 11.4. The van der Waals surface area contributed by atoms with Crippen molar-refractivity contribution in [3.05, 3.63) is 0 Å². The van der Waals surface area contributed by atoms with Gasteiger partial charge in [0.1, 0.15) is 5.60 Å². The maximum atomic E-state index is 10.5. The lowest BCUT2D eigenvalue weighted by Gasteiger charge is -2.02. The molecule has 0 aromatic heterocycles. The van der Waals surface area contributed by atoms with Gasteiger partial charge in [-0.05, 0) is 12.8 Å². The van der Waals surface area contributed by atoms with Crippen molar-refractivity contribution in [1.29, 1.82) is 0 Å². The van der Waals surface area contributed by atoms with Crippen molar-refractivity contribution in [2.45, 2.75) is 32.3 Å². The van der Waals surface area contributed by atoms with Crippen LogP contribution in [0.3, 0.4) is 0 Å². The number of amides is 1. The molecule has 0 unspecified atom stereocenters. The topological polar surface area (TPSA) is 49.3 Å². The maximum Gasteiger partial charge on any atom is 0.251 e. The zero-order valence-electron chi connectivity index (χ0n) is 6.77. The highest BCUT2D eigenvalue weighted by Gasteiger charge is 2.47. The van der Waals surface area contributed by atoms with Gasteiger partial charge in [0.2, 0.25) is 0 Å². The second-order valence-electron chi connectivity index (χ2n) is 2.11. The van der Waals surface area contributed by atoms with Gasteiger partial charge in [0, 0.05) is 7.05 Å². The van der Waals surface area contributed by atoms with E-state index in [4.69, 9.17) is 5.11 Å².